The number of fused-ring (bicyclic) bond motifs is 1. The standard InChI is InChI=1S/C21H14FN5OS/c22-16-6-2-14(3-7-16)18-19(26-12-13-29-21(26)24-18)25-20(28)15-4-8-17(9-5-15)27-11-1-10-23-27/h1-13H,(H,25,28). The van der Waals surface area contributed by atoms with Crippen LogP contribution in [0.25, 0.3) is 21.9 Å². The SMILES string of the molecule is O=C(Nc1c(-c2ccc(F)cc2)nc2sccn12)c1ccc(-n2cccn2)cc1. The zero-order chi connectivity index (χ0) is 19.8. The Morgan fingerprint density at radius 3 is 2.55 bits per heavy atom. The molecule has 0 aliphatic carbocycles. The van der Waals surface area contributed by atoms with Crippen LogP contribution in [-0.4, -0.2) is 25.1 Å². The second-order valence-corrected chi connectivity index (χ2v) is 7.20. The maximum atomic E-state index is 13.3. The number of anilines is 1. The maximum Gasteiger partial charge on any atom is 0.256 e. The minimum Gasteiger partial charge on any atom is -0.306 e. The summed E-state index contributed by atoms with van der Waals surface area (Å²) in [5.41, 5.74) is 2.70. The molecule has 3 heterocycles. The third-order valence-electron chi connectivity index (χ3n) is 4.51. The van der Waals surface area contributed by atoms with Gasteiger partial charge in [0.25, 0.3) is 5.91 Å². The minimum atomic E-state index is -0.322. The van der Waals surface area contributed by atoms with Crippen molar-refractivity contribution in [1.82, 2.24) is 19.2 Å². The highest BCUT2D eigenvalue weighted by Gasteiger charge is 2.18. The summed E-state index contributed by atoms with van der Waals surface area (Å²) in [6.45, 7) is 0. The van der Waals surface area contributed by atoms with Crippen LogP contribution in [0.15, 0.2) is 78.6 Å². The van der Waals surface area contributed by atoms with Gasteiger partial charge in [-0.05, 0) is 54.6 Å². The predicted molar refractivity (Wildman–Crippen MR) is 110 cm³/mol. The highest BCUT2D eigenvalue weighted by atomic mass is 32.1. The van der Waals surface area contributed by atoms with E-state index < -0.39 is 0 Å². The maximum absolute atomic E-state index is 13.3. The van der Waals surface area contributed by atoms with Crippen LogP contribution in [0.1, 0.15) is 10.4 Å². The van der Waals surface area contributed by atoms with Crippen molar-refractivity contribution in [3.05, 3.63) is 89.9 Å². The molecule has 0 atom stereocenters. The summed E-state index contributed by atoms with van der Waals surface area (Å²) in [6.07, 6.45) is 5.38. The van der Waals surface area contributed by atoms with Crippen molar-refractivity contribution < 1.29 is 9.18 Å². The van der Waals surface area contributed by atoms with Gasteiger partial charge in [0.05, 0.1) is 5.69 Å². The molecule has 1 amide bonds. The van der Waals surface area contributed by atoms with Crippen molar-refractivity contribution in [2.45, 2.75) is 0 Å². The Hall–Kier alpha value is -3.78. The van der Waals surface area contributed by atoms with Gasteiger partial charge in [-0.25, -0.2) is 14.1 Å². The fourth-order valence-corrected chi connectivity index (χ4v) is 3.80. The van der Waals surface area contributed by atoms with Crippen LogP contribution in [0.2, 0.25) is 0 Å². The average molecular weight is 403 g/mol. The summed E-state index contributed by atoms with van der Waals surface area (Å²) >= 11 is 1.46. The van der Waals surface area contributed by atoms with Crippen LogP contribution in [-0.2, 0) is 0 Å². The van der Waals surface area contributed by atoms with Crippen molar-refractivity contribution in [2.75, 3.05) is 5.32 Å². The van der Waals surface area contributed by atoms with E-state index in [4.69, 9.17) is 0 Å². The summed E-state index contributed by atoms with van der Waals surface area (Å²) in [5.74, 6) is -0.0278. The molecule has 3 aromatic heterocycles. The smallest absolute Gasteiger partial charge is 0.256 e. The van der Waals surface area contributed by atoms with Gasteiger partial charge in [0.15, 0.2) is 4.96 Å². The third-order valence-corrected chi connectivity index (χ3v) is 5.27. The lowest BCUT2D eigenvalue weighted by atomic mass is 10.1. The third kappa shape index (κ3) is 3.19. The number of benzene rings is 2. The molecule has 0 saturated carbocycles. The van der Waals surface area contributed by atoms with E-state index in [1.165, 1.54) is 23.5 Å². The van der Waals surface area contributed by atoms with Crippen LogP contribution in [0.4, 0.5) is 10.2 Å². The number of aromatic nitrogens is 4. The van der Waals surface area contributed by atoms with Crippen LogP contribution in [0.5, 0.6) is 0 Å². The van der Waals surface area contributed by atoms with E-state index in [0.717, 1.165) is 16.2 Å². The number of amides is 1. The van der Waals surface area contributed by atoms with Gasteiger partial charge in [0.2, 0.25) is 0 Å². The fraction of sp³-hybridized carbons (Fsp3) is 0. The van der Waals surface area contributed by atoms with Crippen molar-refractivity contribution >= 4 is 28.0 Å². The zero-order valence-electron chi connectivity index (χ0n) is 15.0. The van der Waals surface area contributed by atoms with Crippen LogP contribution in [0.3, 0.4) is 0 Å². The van der Waals surface area contributed by atoms with Crippen molar-refractivity contribution in [2.24, 2.45) is 0 Å². The van der Waals surface area contributed by atoms with Gasteiger partial charge < -0.3 is 5.32 Å². The molecule has 1 N–H and O–H groups in total. The first-order chi connectivity index (χ1) is 14.2. The summed E-state index contributed by atoms with van der Waals surface area (Å²) in [5, 5.41) is 9.03. The van der Waals surface area contributed by atoms with E-state index in [1.54, 1.807) is 35.1 Å². The highest BCUT2D eigenvalue weighted by Crippen LogP contribution is 2.31. The predicted octanol–water partition coefficient (Wildman–Crippen LogP) is 4.64. The second kappa shape index (κ2) is 6.99. The van der Waals surface area contributed by atoms with Gasteiger partial charge >= 0.3 is 0 Å². The number of carbonyl (C=O) groups is 1. The number of hydrogen-bond acceptors (Lipinski definition) is 4. The minimum absolute atomic E-state index is 0.256. The monoisotopic (exact) mass is 403 g/mol. The number of thiazole rings is 1. The lowest BCUT2D eigenvalue weighted by Gasteiger charge is -2.08. The molecular formula is C21H14FN5OS. The lowest BCUT2D eigenvalue weighted by Crippen LogP contribution is -2.14. The van der Waals surface area contributed by atoms with E-state index in [2.05, 4.69) is 15.4 Å². The number of carbonyl (C=O) groups excluding carboxylic acids is 1. The van der Waals surface area contributed by atoms with E-state index in [-0.39, 0.29) is 11.7 Å². The summed E-state index contributed by atoms with van der Waals surface area (Å²) in [7, 11) is 0. The van der Waals surface area contributed by atoms with Gasteiger partial charge in [-0.15, -0.1) is 11.3 Å². The van der Waals surface area contributed by atoms with E-state index in [0.29, 0.717) is 17.1 Å². The Bertz CT molecular complexity index is 1290. The Morgan fingerprint density at radius 2 is 1.83 bits per heavy atom. The normalized spacial score (nSPS) is 11.1. The van der Waals surface area contributed by atoms with Crippen molar-refractivity contribution in [3.8, 4) is 16.9 Å². The van der Waals surface area contributed by atoms with Gasteiger partial charge in [-0.3, -0.25) is 9.20 Å². The molecule has 0 fully saturated rings. The molecule has 8 heteroatoms. The summed E-state index contributed by atoms with van der Waals surface area (Å²) in [4.78, 5) is 18.2. The first kappa shape index (κ1) is 17.3. The molecule has 0 radical (unpaired) electrons. The molecular weight excluding hydrogens is 389 g/mol. The fourth-order valence-electron chi connectivity index (χ4n) is 3.08. The molecule has 0 aliphatic heterocycles. The second-order valence-electron chi connectivity index (χ2n) is 6.32. The molecule has 2 aromatic carbocycles. The van der Waals surface area contributed by atoms with E-state index in [1.807, 2.05) is 40.4 Å². The topological polar surface area (TPSA) is 64.2 Å². The molecule has 5 aromatic rings. The van der Waals surface area contributed by atoms with Gasteiger partial charge in [0.1, 0.15) is 17.3 Å². The van der Waals surface area contributed by atoms with Gasteiger partial charge in [-0.1, -0.05) is 0 Å². The van der Waals surface area contributed by atoms with E-state index in [9.17, 15) is 9.18 Å². The molecule has 5 rings (SSSR count). The number of nitrogens with one attached hydrogen (secondary N) is 1. The Morgan fingerprint density at radius 1 is 1.03 bits per heavy atom. The Labute approximate surface area is 168 Å². The molecule has 0 saturated heterocycles. The highest BCUT2D eigenvalue weighted by molar-refractivity contribution is 7.15. The molecule has 142 valence electrons. The van der Waals surface area contributed by atoms with Gasteiger partial charge in [0, 0.05) is 35.1 Å². The van der Waals surface area contributed by atoms with Crippen LogP contribution in [0, 0.1) is 5.82 Å². The van der Waals surface area contributed by atoms with Gasteiger partial charge in [-0.2, -0.15) is 5.10 Å². The first-order valence-corrected chi connectivity index (χ1v) is 9.70. The summed E-state index contributed by atoms with van der Waals surface area (Å²) in [6, 6.07) is 15.0. The summed E-state index contributed by atoms with van der Waals surface area (Å²) < 4.78 is 16.9. The molecule has 0 bridgehead atoms. The average Bonchev–Trinajstić information content (AvgIpc) is 3.48. The largest absolute Gasteiger partial charge is 0.306 e. The first-order valence-electron chi connectivity index (χ1n) is 8.82. The van der Waals surface area contributed by atoms with Crippen LogP contribution >= 0.6 is 11.3 Å². The molecule has 6 nitrogen and oxygen atoms in total. The van der Waals surface area contributed by atoms with Crippen molar-refractivity contribution in [1.29, 1.82) is 0 Å². The Kier molecular flexibility index (Phi) is 4.18. The zero-order valence-corrected chi connectivity index (χ0v) is 15.8. The number of halogens is 1. The molecule has 29 heavy (non-hydrogen) atoms. The Balaban J connectivity index is 1.48. The molecule has 0 spiro atoms. The molecule has 0 aliphatic rings. The molecule has 0 unspecified atom stereocenters. The van der Waals surface area contributed by atoms with Crippen molar-refractivity contribution in [3.63, 3.8) is 0 Å². The van der Waals surface area contributed by atoms with Crippen LogP contribution < -0.4 is 5.32 Å². The van der Waals surface area contributed by atoms with E-state index >= 15 is 0 Å². The number of imidazole rings is 1. The quantitative estimate of drug-likeness (QED) is 0.475. The number of nitrogens with zero attached hydrogens (tertiary/aromatic N) is 4. The number of hydrogen-bond donors (Lipinski definition) is 1. The number of rotatable bonds is 4. The lowest BCUT2D eigenvalue weighted by molar-refractivity contribution is 0.102.